The van der Waals surface area contributed by atoms with Gasteiger partial charge in [0.25, 0.3) is 5.91 Å². The van der Waals surface area contributed by atoms with Gasteiger partial charge < -0.3 is 4.90 Å². The Hall–Kier alpha value is -2.40. The molecular weight excluding hydrogens is 372 g/mol. The molecule has 0 spiro atoms. The van der Waals surface area contributed by atoms with Crippen molar-refractivity contribution in [1.82, 2.24) is 19.7 Å². The van der Waals surface area contributed by atoms with Gasteiger partial charge >= 0.3 is 0 Å². The van der Waals surface area contributed by atoms with Crippen molar-refractivity contribution in [3.8, 4) is 5.69 Å². The number of hydrogen-bond acceptors (Lipinski definition) is 3. The molecule has 0 unspecified atom stereocenters. The number of rotatable bonds is 3. The summed E-state index contributed by atoms with van der Waals surface area (Å²) in [6, 6.07) is 8.37. The van der Waals surface area contributed by atoms with Crippen LogP contribution < -0.4 is 0 Å². The van der Waals surface area contributed by atoms with Crippen molar-refractivity contribution in [2.45, 2.75) is 52.0 Å². The lowest BCUT2D eigenvalue weighted by atomic mass is 9.94. The fourth-order valence-corrected chi connectivity index (χ4v) is 4.40. The van der Waals surface area contributed by atoms with Gasteiger partial charge in [0.2, 0.25) is 0 Å². The van der Waals surface area contributed by atoms with Crippen molar-refractivity contribution >= 4 is 28.5 Å². The van der Waals surface area contributed by atoms with Gasteiger partial charge in [0.1, 0.15) is 0 Å². The quantitative estimate of drug-likeness (QED) is 0.619. The Balaban J connectivity index is 1.74. The molecule has 5 nitrogen and oxygen atoms in total. The predicted octanol–water partition coefficient (Wildman–Crippen LogP) is 5.10. The maximum atomic E-state index is 13.1. The highest BCUT2D eigenvalue weighted by atomic mass is 35.5. The summed E-state index contributed by atoms with van der Waals surface area (Å²) >= 11 is 6.71. The molecule has 1 aromatic carbocycles. The fraction of sp³-hybridized carbons (Fsp3) is 0.409. The number of carbonyl (C=O) groups is 1. The van der Waals surface area contributed by atoms with E-state index in [1.165, 1.54) is 24.8 Å². The average Bonchev–Trinajstić information content (AvgIpc) is 3.06. The highest BCUT2D eigenvalue weighted by Gasteiger charge is 2.26. The number of fused-ring (bicyclic) bond motifs is 1. The van der Waals surface area contributed by atoms with Gasteiger partial charge in [0.15, 0.2) is 5.65 Å². The van der Waals surface area contributed by atoms with Gasteiger partial charge in [-0.05, 0) is 38.8 Å². The summed E-state index contributed by atoms with van der Waals surface area (Å²) in [5.41, 5.74) is 3.99. The van der Waals surface area contributed by atoms with Crippen molar-refractivity contribution in [1.29, 1.82) is 0 Å². The molecule has 0 aliphatic heterocycles. The Kier molecular flexibility index (Phi) is 5.11. The first-order chi connectivity index (χ1) is 13.5. The van der Waals surface area contributed by atoms with E-state index >= 15 is 0 Å². The number of hydrogen-bond donors (Lipinski definition) is 0. The van der Waals surface area contributed by atoms with E-state index in [2.05, 4.69) is 10.1 Å². The summed E-state index contributed by atoms with van der Waals surface area (Å²) < 4.78 is 1.79. The molecule has 146 valence electrons. The van der Waals surface area contributed by atoms with E-state index in [-0.39, 0.29) is 11.9 Å². The van der Waals surface area contributed by atoms with E-state index in [4.69, 9.17) is 11.6 Å². The molecule has 0 radical (unpaired) electrons. The SMILES string of the molecule is Cc1ccc(-n2nc(C)c3c(Cl)c(C(=O)N(C)C4CCCCC4)cnc32)cc1. The summed E-state index contributed by atoms with van der Waals surface area (Å²) in [6.45, 7) is 3.95. The van der Waals surface area contributed by atoms with E-state index in [9.17, 15) is 4.79 Å². The lowest BCUT2D eigenvalue weighted by molar-refractivity contribution is 0.0696. The lowest BCUT2D eigenvalue weighted by Gasteiger charge is -2.31. The number of pyridine rings is 1. The van der Waals surface area contributed by atoms with Gasteiger partial charge in [0.05, 0.1) is 27.4 Å². The van der Waals surface area contributed by atoms with Gasteiger partial charge in [-0.25, -0.2) is 9.67 Å². The molecule has 0 N–H and O–H groups in total. The number of aryl methyl sites for hydroxylation is 2. The zero-order chi connectivity index (χ0) is 19.8. The molecule has 0 bridgehead atoms. The maximum absolute atomic E-state index is 13.1. The fourth-order valence-electron chi connectivity index (χ4n) is 4.05. The zero-order valence-electron chi connectivity index (χ0n) is 16.6. The lowest BCUT2D eigenvalue weighted by Crippen LogP contribution is -2.38. The second kappa shape index (κ2) is 7.55. The molecule has 0 atom stereocenters. The zero-order valence-corrected chi connectivity index (χ0v) is 17.3. The van der Waals surface area contributed by atoms with Crippen LogP contribution >= 0.6 is 11.6 Å². The van der Waals surface area contributed by atoms with Crippen molar-refractivity contribution in [2.24, 2.45) is 0 Å². The smallest absolute Gasteiger partial charge is 0.256 e. The van der Waals surface area contributed by atoms with Gasteiger partial charge in [-0.1, -0.05) is 48.6 Å². The number of benzene rings is 1. The molecule has 1 aliphatic rings. The molecule has 28 heavy (non-hydrogen) atoms. The van der Waals surface area contributed by atoms with Crippen LogP contribution in [0.15, 0.2) is 30.5 Å². The van der Waals surface area contributed by atoms with Crippen LogP contribution in [0.4, 0.5) is 0 Å². The Morgan fingerprint density at radius 2 is 1.82 bits per heavy atom. The third-order valence-corrected chi connectivity index (χ3v) is 6.15. The minimum absolute atomic E-state index is 0.0613. The van der Waals surface area contributed by atoms with Crippen LogP contribution in [0.5, 0.6) is 0 Å². The summed E-state index contributed by atoms with van der Waals surface area (Å²) in [5.74, 6) is -0.0613. The number of nitrogens with zero attached hydrogens (tertiary/aromatic N) is 4. The van der Waals surface area contributed by atoms with E-state index in [0.29, 0.717) is 16.2 Å². The van der Waals surface area contributed by atoms with Crippen LogP contribution in [-0.4, -0.2) is 38.7 Å². The Morgan fingerprint density at radius 3 is 2.50 bits per heavy atom. The minimum atomic E-state index is -0.0613. The monoisotopic (exact) mass is 396 g/mol. The number of halogens is 1. The van der Waals surface area contributed by atoms with E-state index in [1.54, 1.807) is 10.9 Å². The van der Waals surface area contributed by atoms with Gasteiger partial charge in [0, 0.05) is 19.3 Å². The standard InChI is InChI=1S/C22H25ClN4O/c1-14-9-11-17(12-10-14)27-21-19(15(2)25-27)20(23)18(13-24-21)22(28)26(3)16-7-5-4-6-8-16/h9-13,16H,4-8H2,1-3H3. The first-order valence-electron chi connectivity index (χ1n) is 9.85. The summed E-state index contributed by atoms with van der Waals surface area (Å²) in [6.07, 6.45) is 7.31. The van der Waals surface area contributed by atoms with Crippen LogP contribution in [0, 0.1) is 13.8 Å². The molecule has 1 amide bonds. The predicted molar refractivity (Wildman–Crippen MR) is 112 cm³/mol. The van der Waals surface area contributed by atoms with Crippen molar-refractivity contribution in [3.63, 3.8) is 0 Å². The van der Waals surface area contributed by atoms with Gasteiger partial charge in [-0.2, -0.15) is 5.10 Å². The van der Waals surface area contributed by atoms with Gasteiger partial charge in [-0.3, -0.25) is 4.79 Å². The molecular formula is C22H25ClN4O. The molecule has 3 aromatic rings. The van der Waals surface area contributed by atoms with Crippen molar-refractivity contribution in [2.75, 3.05) is 7.05 Å². The van der Waals surface area contributed by atoms with E-state index in [1.807, 2.05) is 50.1 Å². The highest BCUT2D eigenvalue weighted by Crippen LogP contribution is 2.31. The number of aromatic nitrogens is 3. The normalized spacial score (nSPS) is 15.1. The Morgan fingerprint density at radius 1 is 1.14 bits per heavy atom. The van der Waals surface area contributed by atoms with Crippen LogP contribution in [0.1, 0.15) is 53.7 Å². The van der Waals surface area contributed by atoms with Gasteiger partial charge in [-0.15, -0.1) is 0 Å². The third kappa shape index (κ3) is 3.28. The number of amides is 1. The summed E-state index contributed by atoms with van der Waals surface area (Å²) in [5, 5.41) is 5.81. The Labute approximate surface area is 170 Å². The summed E-state index contributed by atoms with van der Waals surface area (Å²) in [4.78, 5) is 19.5. The molecule has 4 rings (SSSR count). The largest absolute Gasteiger partial charge is 0.339 e. The van der Waals surface area contributed by atoms with Crippen LogP contribution in [0.2, 0.25) is 5.02 Å². The average molecular weight is 397 g/mol. The molecule has 6 heteroatoms. The second-order valence-electron chi connectivity index (χ2n) is 7.73. The van der Waals surface area contributed by atoms with Crippen molar-refractivity contribution in [3.05, 3.63) is 52.3 Å². The van der Waals surface area contributed by atoms with E-state index in [0.717, 1.165) is 29.6 Å². The van der Waals surface area contributed by atoms with Crippen LogP contribution in [0.3, 0.4) is 0 Å². The minimum Gasteiger partial charge on any atom is -0.339 e. The molecule has 1 fully saturated rings. The summed E-state index contributed by atoms with van der Waals surface area (Å²) in [7, 11) is 1.88. The second-order valence-corrected chi connectivity index (χ2v) is 8.10. The Bertz CT molecular complexity index is 1020. The molecule has 0 saturated heterocycles. The number of carbonyl (C=O) groups excluding carboxylic acids is 1. The maximum Gasteiger partial charge on any atom is 0.256 e. The van der Waals surface area contributed by atoms with Crippen LogP contribution in [0.25, 0.3) is 16.7 Å². The highest BCUT2D eigenvalue weighted by molar-refractivity contribution is 6.38. The van der Waals surface area contributed by atoms with E-state index < -0.39 is 0 Å². The first-order valence-corrected chi connectivity index (χ1v) is 10.2. The van der Waals surface area contributed by atoms with Crippen LogP contribution in [-0.2, 0) is 0 Å². The molecule has 2 aromatic heterocycles. The van der Waals surface area contributed by atoms with Crippen molar-refractivity contribution < 1.29 is 4.79 Å². The first kappa shape index (κ1) is 18.9. The molecule has 2 heterocycles. The topological polar surface area (TPSA) is 51.0 Å². The third-order valence-electron chi connectivity index (χ3n) is 5.76. The molecule has 1 saturated carbocycles. The molecule has 1 aliphatic carbocycles.